The zero-order valence-electron chi connectivity index (χ0n) is 14.6. The van der Waals surface area contributed by atoms with Crippen molar-refractivity contribution < 1.29 is 9.47 Å². The van der Waals surface area contributed by atoms with Crippen LogP contribution in [0.5, 0.6) is 5.75 Å². The van der Waals surface area contributed by atoms with Crippen LogP contribution in [0.4, 0.5) is 5.82 Å². The quantitative estimate of drug-likeness (QED) is 0.682. The second kappa shape index (κ2) is 7.49. The molecule has 6 heteroatoms. The maximum atomic E-state index is 5.81. The normalized spacial score (nSPS) is 12.7. The molecular formula is C20H20N4O2. The summed E-state index contributed by atoms with van der Waals surface area (Å²) in [6, 6.07) is 13.7. The van der Waals surface area contributed by atoms with Crippen molar-refractivity contribution in [1.82, 2.24) is 15.0 Å². The molecule has 0 atom stereocenters. The minimum Gasteiger partial charge on any atom is -0.492 e. The van der Waals surface area contributed by atoms with Crippen LogP contribution in [0.3, 0.4) is 0 Å². The number of fused-ring (bicyclic) bond motifs is 1. The van der Waals surface area contributed by atoms with Crippen LogP contribution in [0.1, 0.15) is 11.3 Å². The van der Waals surface area contributed by atoms with Gasteiger partial charge in [0, 0.05) is 30.6 Å². The number of hydrogen-bond acceptors (Lipinski definition) is 6. The van der Waals surface area contributed by atoms with E-state index < -0.39 is 0 Å². The number of pyridine rings is 1. The van der Waals surface area contributed by atoms with Crippen molar-refractivity contribution in [1.29, 1.82) is 0 Å². The monoisotopic (exact) mass is 348 g/mol. The van der Waals surface area contributed by atoms with E-state index in [9.17, 15) is 0 Å². The molecule has 0 saturated carbocycles. The summed E-state index contributed by atoms with van der Waals surface area (Å²) in [6.45, 7) is 2.35. The Morgan fingerprint density at radius 2 is 1.96 bits per heavy atom. The molecule has 2 aromatic heterocycles. The molecule has 0 fully saturated rings. The smallest absolute Gasteiger partial charge is 0.163 e. The van der Waals surface area contributed by atoms with Gasteiger partial charge in [0.25, 0.3) is 0 Å². The lowest BCUT2D eigenvalue weighted by molar-refractivity contribution is 0.133. The van der Waals surface area contributed by atoms with Gasteiger partial charge in [-0.2, -0.15) is 0 Å². The largest absolute Gasteiger partial charge is 0.492 e. The first-order chi connectivity index (χ1) is 12.8. The second-order valence-corrected chi connectivity index (χ2v) is 6.11. The number of benzene rings is 1. The number of likely N-dealkylation sites (N-methyl/N-ethyl adjacent to an activating group) is 1. The molecule has 0 aliphatic carbocycles. The van der Waals surface area contributed by atoms with Crippen LogP contribution in [0, 0.1) is 0 Å². The fraction of sp³-hybridized carbons (Fsp3) is 0.250. The highest BCUT2D eigenvalue weighted by atomic mass is 16.5. The molecule has 0 saturated heterocycles. The van der Waals surface area contributed by atoms with Gasteiger partial charge >= 0.3 is 0 Å². The van der Waals surface area contributed by atoms with E-state index >= 15 is 0 Å². The third-order valence-corrected chi connectivity index (χ3v) is 4.28. The molecule has 132 valence electrons. The molecule has 3 aromatic rings. The second-order valence-electron chi connectivity index (χ2n) is 6.11. The summed E-state index contributed by atoms with van der Waals surface area (Å²) in [5, 5.41) is 0. The highest BCUT2D eigenvalue weighted by molar-refractivity contribution is 5.60. The maximum absolute atomic E-state index is 5.81. The van der Waals surface area contributed by atoms with E-state index in [1.165, 1.54) is 0 Å². The number of para-hydroxylation sites is 1. The molecule has 26 heavy (non-hydrogen) atoms. The van der Waals surface area contributed by atoms with Crippen LogP contribution in [0.2, 0.25) is 0 Å². The van der Waals surface area contributed by atoms with E-state index in [0.29, 0.717) is 32.2 Å². The lowest BCUT2D eigenvalue weighted by Gasteiger charge is -2.21. The summed E-state index contributed by atoms with van der Waals surface area (Å²) >= 11 is 0. The third-order valence-electron chi connectivity index (χ3n) is 4.28. The van der Waals surface area contributed by atoms with E-state index in [-0.39, 0.29) is 0 Å². The fourth-order valence-corrected chi connectivity index (χ4v) is 2.90. The van der Waals surface area contributed by atoms with Gasteiger partial charge in [-0.15, -0.1) is 0 Å². The van der Waals surface area contributed by atoms with Crippen LogP contribution >= 0.6 is 0 Å². The van der Waals surface area contributed by atoms with Crippen molar-refractivity contribution in [2.45, 2.75) is 13.2 Å². The number of rotatable bonds is 6. The molecule has 1 aliphatic rings. The average Bonchev–Trinajstić information content (AvgIpc) is 3.17. The molecule has 0 spiro atoms. The van der Waals surface area contributed by atoms with Gasteiger partial charge in [0.2, 0.25) is 0 Å². The minimum atomic E-state index is 0.520. The number of hydrogen-bond donors (Lipinski definition) is 0. The lowest BCUT2D eigenvalue weighted by Crippen LogP contribution is -2.26. The van der Waals surface area contributed by atoms with Crippen molar-refractivity contribution in [2.75, 3.05) is 25.1 Å². The Bertz CT molecular complexity index is 872. The molecule has 0 bridgehead atoms. The van der Waals surface area contributed by atoms with Crippen molar-refractivity contribution in [2.24, 2.45) is 0 Å². The fourth-order valence-electron chi connectivity index (χ4n) is 2.90. The lowest BCUT2D eigenvalue weighted by atomic mass is 10.2. The number of aromatic nitrogens is 3. The van der Waals surface area contributed by atoms with Gasteiger partial charge in [-0.1, -0.05) is 18.2 Å². The first-order valence-corrected chi connectivity index (χ1v) is 8.58. The highest BCUT2D eigenvalue weighted by Crippen LogP contribution is 2.29. The predicted octanol–water partition coefficient (Wildman–Crippen LogP) is 3.08. The topological polar surface area (TPSA) is 60.4 Å². The number of anilines is 1. The summed E-state index contributed by atoms with van der Waals surface area (Å²) in [6.07, 6.45) is 3.52. The Kier molecular flexibility index (Phi) is 4.75. The van der Waals surface area contributed by atoms with E-state index in [4.69, 9.17) is 14.5 Å². The highest BCUT2D eigenvalue weighted by Gasteiger charge is 2.22. The van der Waals surface area contributed by atoms with Gasteiger partial charge in [-0.3, -0.25) is 4.98 Å². The molecule has 4 rings (SSSR count). The van der Waals surface area contributed by atoms with Gasteiger partial charge in [0.1, 0.15) is 18.2 Å². The first-order valence-electron chi connectivity index (χ1n) is 8.58. The minimum absolute atomic E-state index is 0.520. The van der Waals surface area contributed by atoms with E-state index in [1.807, 2.05) is 49.5 Å². The van der Waals surface area contributed by atoms with Crippen LogP contribution in [0.15, 0.2) is 54.9 Å². The van der Waals surface area contributed by atoms with Crippen LogP contribution in [0.25, 0.3) is 11.4 Å². The molecule has 0 N–H and O–H groups in total. The SMILES string of the molecule is CN(CCOc1ccccc1)c1nc(-c2cccnc2)nc2c1COC2. The third kappa shape index (κ3) is 3.50. The van der Waals surface area contributed by atoms with Gasteiger partial charge in [0.05, 0.1) is 25.5 Å². The molecular weight excluding hydrogens is 328 g/mol. The first kappa shape index (κ1) is 16.5. The summed E-state index contributed by atoms with van der Waals surface area (Å²) in [5.41, 5.74) is 2.90. The van der Waals surface area contributed by atoms with E-state index in [1.54, 1.807) is 12.4 Å². The van der Waals surface area contributed by atoms with Crippen LogP contribution < -0.4 is 9.64 Å². The Hall–Kier alpha value is -2.99. The molecule has 3 heterocycles. The number of nitrogens with zero attached hydrogens (tertiary/aromatic N) is 4. The predicted molar refractivity (Wildman–Crippen MR) is 99.0 cm³/mol. The van der Waals surface area contributed by atoms with Crippen LogP contribution in [-0.4, -0.2) is 35.2 Å². The summed E-state index contributed by atoms with van der Waals surface area (Å²) in [7, 11) is 2.02. The molecule has 1 aromatic carbocycles. The maximum Gasteiger partial charge on any atom is 0.163 e. The molecule has 1 aliphatic heterocycles. The number of ether oxygens (including phenoxy) is 2. The van der Waals surface area contributed by atoms with E-state index in [2.05, 4.69) is 14.9 Å². The molecule has 6 nitrogen and oxygen atoms in total. The molecule has 0 radical (unpaired) electrons. The van der Waals surface area contributed by atoms with Crippen molar-refractivity contribution >= 4 is 5.82 Å². The Labute approximate surface area is 152 Å². The molecule has 0 amide bonds. The Morgan fingerprint density at radius 1 is 1.08 bits per heavy atom. The summed E-state index contributed by atoms with van der Waals surface area (Å²) < 4.78 is 11.4. The average molecular weight is 348 g/mol. The van der Waals surface area contributed by atoms with E-state index in [0.717, 1.165) is 28.4 Å². The van der Waals surface area contributed by atoms with Gasteiger partial charge in [0.15, 0.2) is 5.82 Å². The summed E-state index contributed by atoms with van der Waals surface area (Å²) in [4.78, 5) is 15.7. The van der Waals surface area contributed by atoms with Gasteiger partial charge in [-0.05, 0) is 24.3 Å². The zero-order valence-corrected chi connectivity index (χ0v) is 14.6. The standard InChI is InChI=1S/C20H20N4O2/c1-24(10-11-26-16-7-3-2-4-8-16)20-17-13-25-14-18(17)22-19(23-20)15-6-5-9-21-12-15/h2-9,12H,10-11,13-14H2,1H3. The van der Waals surface area contributed by atoms with Gasteiger partial charge in [-0.25, -0.2) is 9.97 Å². The van der Waals surface area contributed by atoms with Crippen molar-refractivity contribution in [3.05, 3.63) is 66.1 Å². The Morgan fingerprint density at radius 3 is 2.77 bits per heavy atom. The Balaban J connectivity index is 1.54. The molecule has 0 unspecified atom stereocenters. The van der Waals surface area contributed by atoms with Crippen molar-refractivity contribution in [3.8, 4) is 17.1 Å². The summed E-state index contributed by atoms with van der Waals surface area (Å²) in [5.74, 6) is 2.43. The van der Waals surface area contributed by atoms with Crippen molar-refractivity contribution in [3.63, 3.8) is 0 Å². The van der Waals surface area contributed by atoms with Crippen LogP contribution in [-0.2, 0) is 18.0 Å². The zero-order chi connectivity index (χ0) is 17.8. The van der Waals surface area contributed by atoms with Gasteiger partial charge < -0.3 is 14.4 Å².